The van der Waals surface area contributed by atoms with Crippen LogP contribution in [0.1, 0.15) is 12.3 Å². The van der Waals surface area contributed by atoms with Gasteiger partial charge in [0.25, 0.3) is 5.89 Å². The number of aromatic nitrogens is 2. The second-order valence-electron chi connectivity index (χ2n) is 2.80. The van der Waals surface area contributed by atoms with Crippen LogP contribution in [0.25, 0.3) is 11.4 Å². The molecule has 2 rings (SSSR count). The van der Waals surface area contributed by atoms with Crippen LogP contribution >= 0.6 is 0 Å². The van der Waals surface area contributed by atoms with Gasteiger partial charge in [0.05, 0.1) is 0 Å². The predicted octanol–water partition coefficient (Wildman–Crippen LogP) is 2.38. The molecule has 0 aliphatic carbocycles. The van der Waals surface area contributed by atoms with Crippen molar-refractivity contribution in [1.82, 2.24) is 10.1 Å². The number of nitrogens with zero attached hydrogens (tertiary/aromatic N) is 2. The van der Waals surface area contributed by atoms with Crippen molar-refractivity contribution in [1.29, 1.82) is 0 Å². The molecule has 0 bridgehead atoms. The summed E-state index contributed by atoms with van der Waals surface area (Å²) in [6.45, 7) is 0. The maximum atomic E-state index is 12.1. The van der Waals surface area contributed by atoms with Gasteiger partial charge in [-0.3, -0.25) is 0 Å². The average Bonchev–Trinajstić information content (AvgIpc) is 2.68. The van der Waals surface area contributed by atoms with E-state index in [1.165, 1.54) is 24.3 Å². The van der Waals surface area contributed by atoms with E-state index in [9.17, 15) is 8.78 Å². The molecule has 0 radical (unpaired) electrons. The van der Waals surface area contributed by atoms with E-state index < -0.39 is 12.3 Å². The Morgan fingerprint density at radius 1 is 1.20 bits per heavy atom. The molecule has 15 heavy (non-hydrogen) atoms. The van der Waals surface area contributed by atoms with Gasteiger partial charge in [-0.2, -0.15) is 13.8 Å². The Morgan fingerprint density at radius 3 is 2.40 bits per heavy atom. The zero-order valence-electron chi connectivity index (χ0n) is 7.39. The molecule has 1 heterocycles. The predicted molar refractivity (Wildman–Crippen MR) is 46.4 cm³/mol. The van der Waals surface area contributed by atoms with Crippen LogP contribution in [0.3, 0.4) is 0 Å². The van der Waals surface area contributed by atoms with Crippen LogP contribution in [0.5, 0.6) is 5.75 Å². The maximum Gasteiger partial charge on any atom is 0.315 e. The number of rotatable bonds is 2. The molecule has 0 atom stereocenters. The van der Waals surface area contributed by atoms with E-state index in [1.54, 1.807) is 0 Å². The van der Waals surface area contributed by atoms with E-state index in [0.29, 0.717) is 5.56 Å². The first kappa shape index (κ1) is 9.57. The molecule has 0 spiro atoms. The lowest BCUT2D eigenvalue weighted by atomic mass is 10.2. The van der Waals surface area contributed by atoms with Crippen molar-refractivity contribution in [3.63, 3.8) is 0 Å². The fourth-order valence-corrected chi connectivity index (χ4v) is 1.05. The lowest BCUT2D eigenvalue weighted by Gasteiger charge is -1.93. The lowest BCUT2D eigenvalue weighted by molar-refractivity contribution is 0.106. The molecule has 1 aromatic carbocycles. The third-order valence-corrected chi connectivity index (χ3v) is 1.75. The fourth-order valence-electron chi connectivity index (χ4n) is 1.05. The molecule has 0 unspecified atom stereocenters. The van der Waals surface area contributed by atoms with Gasteiger partial charge in [0.2, 0.25) is 5.82 Å². The van der Waals surface area contributed by atoms with Gasteiger partial charge in [-0.25, -0.2) is 0 Å². The highest BCUT2D eigenvalue weighted by molar-refractivity contribution is 5.55. The van der Waals surface area contributed by atoms with Gasteiger partial charge in [-0.05, 0) is 24.3 Å². The molecule has 0 saturated carbocycles. The van der Waals surface area contributed by atoms with E-state index in [1.807, 2.05) is 0 Å². The van der Waals surface area contributed by atoms with Gasteiger partial charge >= 0.3 is 6.43 Å². The highest BCUT2D eigenvalue weighted by atomic mass is 19.3. The monoisotopic (exact) mass is 212 g/mol. The van der Waals surface area contributed by atoms with Crippen LogP contribution in [0, 0.1) is 0 Å². The molecule has 0 amide bonds. The van der Waals surface area contributed by atoms with Crippen LogP contribution in [0.15, 0.2) is 28.8 Å². The summed E-state index contributed by atoms with van der Waals surface area (Å²) in [6.07, 6.45) is -2.77. The Morgan fingerprint density at radius 2 is 1.87 bits per heavy atom. The molecular weight excluding hydrogens is 206 g/mol. The Kier molecular flexibility index (Phi) is 2.32. The van der Waals surface area contributed by atoms with E-state index in [0.717, 1.165) is 0 Å². The van der Waals surface area contributed by atoms with Gasteiger partial charge in [0, 0.05) is 5.56 Å². The second-order valence-corrected chi connectivity index (χ2v) is 2.80. The number of benzene rings is 1. The lowest BCUT2D eigenvalue weighted by Crippen LogP contribution is -1.84. The van der Waals surface area contributed by atoms with Crippen molar-refractivity contribution in [3.05, 3.63) is 30.2 Å². The molecule has 0 aliphatic heterocycles. The van der Waals surface area contributed by atoms with Gasteiger partial charge in [0.1, 0.15) is 5.75 Å². The Labute approximate surface area is 83.2 Å². The first-order valence-corrected chi connectivity index (χ1v) is 4.08. The molecule has 0 fully saturated rings. The van der Waals surface area contributed by atoms with Crippen molar-refractivity contribution >= 4 is 0 Å². The number of halogens is 2. The molecular formula is C9H6F2N2O2. The normalized spacial score (nSPS) is 10.9. The molecule has 78 valence electrons. The van der Waals surface area contributed by atoms with E-state index in [-0.39, 0.29) is 11.6 Å². The van der Waals surface area contributed by atoms with E-state index in [4.69, 9.17) is 5.11 Å². The maximum absolute atomic E-state index is 12.1. The smallest absolute Gasteiger partial charge is 0.315 e. The molecule has 0 saturated heterocycles. The zero-order chi connectivity index (χ0) is 10.8. The number of hydrogen-bond acceptors (Lipinski definition) is 4. The van der Waals surface area contributed by atoms with E-state index in [2.05, 4.69) is 14.7 Å². The van der Waals surface area contributed by atoms with Crippen molar-refractivity contribution < 1.29 is 18.4 Å². The standard InChI is InChI=1S/C9H6F2N2O2/c10-7(11)9-12-8(13-15-9)5-1-3-6(14)4-2-5/h1-4,7,14H. The molecule has 0 aliphatic rings. The minimum Gasteiger partial charge on any atom is -0.508 e. The molecule has 6 heteroatoms. The Hall–Kier alpha value is -1.98. The average molecular weight is 212 g/mol. The number of aromatic hydroxyl groups is 1. The first-order valence-electron chi connectivity index (χ1n) is 4.08. The summed E-state index contributed by atoms with van der Waals surface area (Å²) in [4.78, 5) is 3.50. The van der Waals surface area contributed by atoms with Crippen LogP contribution in [-0.4, -0.2) is 15.2 Å². The van der Waals surface area contributed by atoms with Crippen molar-refractivity contribution in [2.45, 2.75) is 6.43 Å². The molecule has 2 aromatic rings. The highest BCUT2D eigenvalue weighted by Gasteiger charge is 2.16. The third-order valence-electron chi connectivity index (χ3n) is 1.75. The van der Waals surface area contributed by atoms with Crippen LogP contribution in [-0.2, 0) is 0 Å². The number of phenols is 1. The molecule has 4 nitrogen and oxygen atoms in total. The van der Waals surface area contributed by atoms with Gasteiger partial charge < -0.3 is 9.63 Å². The Balaban J connectivity index is 2.33. The third kappa shape index (κ3) is 1.93. The summed E-state index contributed by atoms with van der Waals surface area (Å²) in [6, 6.07) is 5.84. The SMILES string of the molecule is Oc1ccc(-c2noc(C(F)F)n2)cc1. The number of phenolic OH excluding ortho intramolecular Hbond substituents is 1. The molecule has 1 N–H and O–H groups in total. The van der Waals surface area contributed by atoms with Gasteiger partial charge in [-0.15, -0.1) is 0 Å². The Bertz CT molecular complexity index is 453. The molecule has 1 aromatic heterocycles. The second kappa shape index (κ2) is 3.64. The van der Waals surface area contributed by atoms with Crippen molar-refractivity contribution in [3.8, 4) is 17.1 Å². The summed E-state index contributed by atoms with van der Waals surface area (Å²) in [5.41, 5.74) is 0.503. The fraction of sp³-hybridized carbons (Fsp3) is 0.111. The van der Waals surface area contributed by atoms with Crippen LogP contribution in [0.4, 0.5) is 8.78 Å². The number of hydrogen-bond donors (Lipinski definition) is 1. The minimum atomic E-state index is -2.77. The van der Waals surface area contributed by atoms with Crippen LogP contribution in [0.2, 0.25) is 0 Å². The summed E-state index contributed by atoms with van der Waals surface area (Å²) in [5, 5.41) is 12.4. The van der Waals surface area contributed by atoms with Crippen LogP contribution < -0.4 is 0 Å². The topological polar surface area (TPSA) is 59.2 Å². The summed E-state index contributed by atoms with van der Waals surface area (Å²) in [7, 11) is 0. The quantitative estimate of drug-likeness (QED) is 0.830. The minimum absolute atomic E-state index is 0.0744. The van der Waals surface area contributed by atoms with E-state index >= 15 is 0 Å². The largest absolute Gasteiger partial charge is 0.508 e. The van der Waals surface area contributed by atoms with Crippen molar-refractivity contribution in [2.75, 3.05) is 0 Å². The van der Waals surface area contributed by atoms with Gasteiger partial charge in [0.15, 0.2) is 0 Å². The number of alkyl halides is 2. The van der Waals surface area contributed by atoms with Crippen molar-refractivity contribution in [2.24, 2.45) is 0 Å². The summed E-state index contributed by atoms with van der Waals surface area (Å²) >= 11 is 0. The summed E-state index contributed by atoms with van der Waals surface area (Å²) in [5.74, 6) is -0.556. The highest BCUT2D eigenvalue weighted by Crippen LogP contribution is 2.22. The van der Waals surface area contributed by atoms with Gasteiger partial charge in [-0.1, -0.05) is 5.16 Å². The zero-order valence-corrected chi connectivity index (χ0v) is 7.39. The first-order chi connectivity index (χ1) is 7.16. The summed E-state index contributed by atoms with van der Waals surface area (Å²) < 4.78 is 28.6.